The summed E-state index contributed by atoms with van der Waals surface area (Å²) in [4.78, 5) is 12.2. The molecule has 2 aliphatic rings. The van der Waals surface area contributed by atoms with Crippen LogP contribution in [-0.4, -0.2) is 70.0 Å². The molecule has 0 saturated carbocycles. The van der Waals surface area contributed by atoms with Crippen LogP contribution in [0.5, 0.6) is 0 Å². The van der Waals surface area contributed by atoms with E-state index >= 15 is 0 Å². The van der Waals surface area contributed by atoms with Crippen LogP contribution in [0.25, 0.3) is 0 Å². The van der Waals surface area contributed by atoms with Crippen LogP contribution in [0.1, 0.15) is 0 Å². The molecule has 2 fully saturated rings. The highest BCUT2D eigenvalue weighted by Crippen LogP contribution is 2.32. The van der Waals surface area contributed by atoms with Crippen LogP contribution in [0.2, 0.25) is 0 Å². The van der Waals surface area contributed by atoms with Crippen molar-refractivity contribution >= 4 is 6.09 Å². The molecule has 2 aliphatic heterocycles. The third-order valence-corrected chi connectivity index (χ3v) is 2.91. The van der Waals surface area contributed by atoms with Crippen molar-refractivity contribution in [2.75, 3.05) is 13.2 Å². The average molecular weight is 221 g/mol. The number of rotatable bonds is 1. The van der Waals surface area contributed by atoms with Gasteiger partial charge in [-0.1, -0.05) is 0 Å². The monoisotopic (exact) mass is 221 g/mol. The number of carbonyl (C=O) groups is 1. The molecule has 6 nitrogen and oxygen atoms in total. The van der Waals surface area contributed by atoms with E-state index in [9.17, 15) is 19.4 Å². The summed E-state index contributed by atoms with van der Waals surface area (Å²) < 4.78 is 17.9. The molecular weight excluding hydrogens is 209 g/mol. The van der Waals surface area contributed by atoms with E-state index in [0.29, 0.717) is 0 Å². The number of hydrogen-bond donors (Lipinski definition) is 3. The lowest BCUT2D eigenvalue weighted by molar-refractivity contribution is -0.0331. The molecule has 7 heteroatoms. The Kier molecular flexibility index (Phi) is 2.53. The highest BCUT2D eigenvalue weighted by Gasteiger charge is 2.55. The van der Waals surface area contributed by atoms with E-state index < -0.39 is 49.8 Å². The van der Waals surface area contributed by atoms with Crippen LogP contribution >= 0.6 is 0 Å². The molecule has 86 valence electrons. The molecule has 2 heterocycles. The van der Waals surface area contributed by atoms with E-state index in [0.717, 1.165) is 4.90 Å². The first-order chi connectivity index (χ1) is 7.07. The molecule has 2 saturated heterocycles. The van der Waals surface area contributed by atoms with Gasteiger partial charge in [-0.25, -0.2) is 9.18 Å². The van der Waals surface area contributed by atoms with Gasteiger partial charge < -0.3 is 20.1 Å². The van der Waals surface area contributed by atoms with Gasteiger partial charge >= 0.3 is 6.09 Å². The second-order valence-electron chi connectivity index (χ2n) is 3.72. The van der Waals surface area contributed by atoms with E-state index in [1.807, 2.05) is 0 Å². The number of halogens is 1. The van der Waals surface area contributed by atoms with Gasteiger partial charge in [-0.15, -0.1) is 0 Å². The SMILES string of the molecule is O=C1OC[C@H](F)[C@H]2[C@H](O)[C@@H](O)[C@H](CO)N12. The summed E-state index contributed by atoms with van der Waals surface area (Å²) in [5, 5.41) is 28.0. The number of aliphatic hydroxyl groups is 3. The number of carbonyl (C=O) groups excluding carboxylic acids is 1. The Hall–Kier alpha value is -0.920. The van der Waals surface area contributed by atoms with Crippen molar-refractivity contribution in [1.29, 1.82) is 0 Å². The predicted octanol–water partition coefficient (Wildman–Crippen LogP) is -1.76. The summed E-state index contributed by atoms with van der Waals surface area (Å²) in [6.45, 7) is -0.974. The van der Waals surface area contributed by atoms with Gasteiger partial charge in [-0.3, -0.25) is 4.90 Å². The zero-order chi connectivity index (χ0) is 11.2. The van der Waals surface area contributed by atoms with Gasteiger partial charge in [0.25, 0.3) is 0 Å². The quantitative estimate of drug-likeness (QED) is 0.488. The minimum absolute atomic E-state index is 0.429. The molecule has 0 radical (unpaired) electrons. The van der Waals surface area contributed by atoms with Gasteiger partial charge in [0.2, 0.25) is 0 Å². The van der Waals surface area contributed by atoms with Crippen LogP contribution in [0.4, 0.5) is 9.18 Å². The number of ether oxygens (including phenoxy) is 1. The Morgan fingerprint density at radius 3 is 2.73 bits per heavy atom. The number of alkyl halides is 1. The topological polar surface area (TPSA) is 90.2 Å². The summed E-state index contributed by atoms with van der Waals surface area (Å²) in [6.07, 6.45) is -5.10. The second-order valence-corrected chi connectivity index (χ2v) is 3.72. The van der Waals surface area contributed by atoms with Crippen molar-refractivity contribution in [3.05, 3.63) is 0 Å². The first kappa shape index (κ1) is 10.6. The third-order valence-electron chi connectivity index (χ3n) is 2.91. The fourth-order valence-corrected chi connectivity index (χ4v) is 2.15. The van der Waals surface area contributed by atoms with Crippen LogP contribution < -0.4 is 0 Å². The summed E-state index contributed by atoms with van der Waals surface area (Å²) in [6, 6.07) is -2.13. The Morgan fingerprint density at radius 2 is 2.13 bits per heavy atom. The number of amides is 1. The number of cyclic esters (lactones) is 1. The molecule has 0 aromatic carbocycles. The van der Waals surface area contributed by atoms with Crippen molar-refractivity contribution in [2.45, 2.75) is 30.5 Å². The average Bonchev–Trinajstić information content (AvgIpc) is 2.47. The number of nitrogens with zero attached hydrogens (tertiary/aromatic N) is 1. The van der Waals surface area contributed by atoms with Crippen LogP contribution in [0.15, 0.2) is 0 Å². The zero-order valence-electron chi connectivity index (χ0n) is 7.78. The van der Waals surface area contributed by atoms with Gasteiger partial charge in [0.15, 0.2) is 6.17 Å². The molecule has 15 heavy (non-hydrogen) atoms. The summed E-state index contributed by atoms with van der Waals surface area (Å²) in [5.74, 6) is 0. The molecule has 3 N–H and O–H groups in total. The smallest absolute Gasteiger partial charge is 0.410 e. The second kappa shape index (κ2) is 3.58. The zero-order valence-corrected chi connectivity index (χ0v) is 7.78. The number of aliphatic hydroxyl groups excluding tert-OH is 3. The van der Waals surface area contributed by atoms with Gasteiger partial charge in [-0.05, 0) is 0 Å². The highest BCUT2D eigenvalue weighted by atomic mass is 19.1. The van der Waals surface area contributed by atoms with Gasteiger partial charge in [-0.2, -0.15) is 0 Å². The maximum absolute atomic E-state index is 13.4. The van der Waals surface area contributed by atoms with E-state index in [-0.39, 0.29) is 0 Å². The fraction of sp³-hybridized carbons (Fsp3) is 0.875. The first-order valence-electron chi connectivity index (χ1n) is 4.64. The lowest BCUT2D eigenvalue weighted by atomic mass is 10.0. The molecule has 0 bridgehead atoms. The van der Waals surface area contributed by atoms with Crippen LogP contribution in [0, 0.1) is 0 Å². The minimum Gasteiger partial charge on any atom is -0.446 e. The largest absolute Gasteiger partial charge is 0.446 e. The van der Waals surface area contributed by atoms with Crippen LogP contribution in [-0.2, 0) is 4.74 Å². The van der Waals surface area contributed by atoms with Crippen molar-refractivity contribution in [1.82, 2.24) is 4.90 Å². The van der Waals surface area contributed by atoms with Crippen LogP contribution in [0.3, 0.4) is 0 Å². The molecule has 5 atom stereocenters. The number of fused-ring (bicyclic) bond motifs is 1. The predicted molar refractivity (Wildman–Crippen MR) is 44.8 cm³/mol. The van der Waals surface area contributed by atoms with Crippen molar-refractivity contribution < 1.29 is 29.2 Å². The normalized spacial score (nSPS) is 45.2. The lowest BCUT2D eigenvalue weighted by Gasteiger charge is -2.34. The van der Waals surface area contributed by atoms with Crippen molar-refractivity contribution in [2.24, 2.45) is 0 Å². The molecule has 0 aromatic heterocycles. The standard InChI is InChI=1S/C8H12FNO5/c9-3-2-15-8(14)10-4(1-11)6(12)7(13)5(3)10/h3-7,11-13H,1-2H2/t3-,4-,5-,6-,7-/m0/s1. The molecule has 0 aromatic rings. The molecule has 1 amide bonds. The lowest BCUT2D eigenvalue weighted by Crippen LogP contribution is -2.55. The van der Waals surface area contributed by atoms with Gasteiger partial charge in [0.1, 0.15) is 18.8 Å². The van der Waals surface area contributed by atoms with E-state index in [2.05, 4.69) is 4.74 Å². The van der Waals surface area contributed by atoms with Gasteiger partial charge in [0, 0.05) is 0 Å². The first-order valence-corrected chi connectivity index (χ1v) is 4.64. The van der Waals surface area contributed by atoms with E-state index in [1.165, 1.54) is 0 Å². The van der Waals surface area contributed by atoms with E-state index in [4.69, 9.17) is 5.11 Å². The Morgan fingerprint density at radius 1 is 1.47 bits per heavy atom. The van der Waals surface area contributed by atoms with Crippen molar-refractivity contribution in [3.8, 4) is 0 Å². The Bertz CT molecular complexity index is 276. The molecule has 0 aliphatic carbocycles. The fourth-order valence-electron chi connectivity index (χ4n) is 2.15. The molecule has 2 rings (SSSR count). The van der Waals surface area contributed by atoms with E-state index in [1.54, 1.807) is 0 Å². The minimum atomic E-state index is -1.55. The Balaban J connectivity index is 2.30. The molecular formula is C8H12FNO5. The van der Waals surface area contributed by atoms with Gasteiger partial charge in [0.05, 0.1) is 18.7 Å². The Labute approximate surface area is 84.9 Å². The summed E-state index contributed by atoms with van der Waals surface area (Å²) >= 11 is 0. The molecule has 0 unspecified atom stereocenters. The summed E-state index contributed by atoms with van der Waals surface area (Å²) in [5.41, 5.74) is 0. The van der Waals surface area contributed by atoms with Crippen molar-refractivity contribution in [3.63, 3.8) is 0 Å². The molecule has 0 spiro atoms. The highest BCUT2D eigenvalue weighted by molar-refractivity contribution is 5.70. The number of hydrogen-bond acceptors (Lipinski definition) is 5. The third kappa shape index (κ3) is 1.38. The summed E-state index contributed by atoms with van der Waals surface area (Å²) in [7, 11) is 0. The maximum atomic E-state index is 13.4. The maximum Gasteiger partial charge on any atom is 0.410 e.